The smallest absolute Gasteiger partial charge is 0.327 e. The van der Waals surface area contributed by atoms with Crippen molar-refractivity contribution in [1.82, 2.24) is 10.2 Å². The number of hydrogen-bond acceptors (Lipinski definition) is 3. The fraction of sp³-hybridized carbons (Fsp3) is 0.273. The first kappa shape index (κ1) is 10.6. The number of hydrogen-bond donors (Lipinski definition) is 1. The minimum absolute atomic E-state index is 0.0198. The molecule has 2 rings (SSSR count). The second kappa shape index (κ2) is 4.32. The van der Waals surface area contributed by atoms with Gasteiger partial charge in [-0.3, -0.25) is 4.79 Å². The number of carbonyl (C=O) groups is 2. The van der Waals surface area contributed by atoms with Crippen molar-refractivity contribution in [3.8, 4) is 0 Å². The van der Waals surface area contributed by atoms with E-state index in [1.54, 1.807) is 12.1 Å². The van der Waals surface area contributed by atoms with E-state index < -0.39 is 12.1 Å². The van der Waals surface area contributed by atoms with Crippen molar-refractivity contribution < 1.29 is 14.3 Å². The highest BCUT2D eigenvalue weighted by Crippen LogP contribution is 2.21. The standard InChI is InChI=1S/C11H12N2O3/c1-16-7-13-10(14)9(12-11(13)15)8-5-3-2-4-6-8/h2-6,9H,7H2,1H3,(H,12,15). The largest absolute Gasteiger partial charge is 0.364 e. The number of ether oxygens (including phenoxy) is 1. The third-order valence-corrected chi connectivity index (χ3v) is 2.42. The van der Waals surface area contributed by atoms with Crippen molar-refractivity contribution >= 4 is 11.9 Å². The highest BCUT2D eigenvalue weighted by atomic mass is 16.5. The number of nitrogens with zero attached hydrogens (tertiary/aromatic N) is 1. The quantitative estimate of drug-likeness (QED) is 0.769. The molecule has 1 aliphatic heterocycles. The maximum atomic E-state index is 11.9. The molecule has 3 amide bonds. The molecule has 0 aromatic heterocycles. The van der Waals surface area contributed by atoms with E-state index >= 15 is 0 Å². The maximum absolute atomic E-state index is 11.9. The van der Waals surface area contributed by atoms with E-state index in [4.69, 9.17) is 4.74 Å². The third kappa shape index (κ3) is 1.77. The van der Waals surface area contributed by atoms with Gasteiger partial charge in [-0.1, -0.05) is 30.3 Å². The van der Waals surface area contributed by atoms with Crippen LogP contribution in [-0.2, 0) is 9.53 Å². The van der Waals surface area contributed by atoms with Crippen LogP contribution in [0.15, 0.2) is 30.3 Å². The van der Waals surface area contributed by atoms with Crippen molar-refractivity contribution in [2.24, 2.45) is 0 Å². The van der Waals surface area contributed by atoms with Gasteiger partial charge in [0.2, 0.25) is 0 Å². The van der Waals surface area contributed by atoms with E-state index in [2.05, 4.69) is 5.32 Å². The highest BCUT2D eigenvalue weighted by molar-refractivity contribution is 6.04. The normalized spacial score (nSPS) is 20.1. The van der Waals surface area contributed by atoms with Crippen LogP contribution in [-0.4, -0.2) is 30.7 Å². The van der Waals surface area contributed by atoms with Crippen LogP contribution in [0.3, 0.4) is 0 Å². The summed E-state index contributed by atoms with van der Waals surface area (Å²) in [5.74, 6) is -0.280. The second-order valence-electron chi connectivity index (χ2n) is 3.48. The minimum atomic E-state index is -0.594. The molecule has 1 aliphatic rings. The SMILES string of the molecule is COCN1C(=O)NC(c2ccccc2)C1=O. The summed E-state index contributed by atoms with van der Waals surface area (Å²) < 4.78 is 4.80. The van der Waals surface area contributed by atoms with E-state index in [-0.39, 0.29) is 12.6 Å². The van der Waals surface area contributed by atoms with Gasteiger partial charge in [0.05, 0.1) is 0 Å². The van der Waals surface area contributed by atoms with Gasteiger partial charge in [0.1, 0.15) is 12.8 Å². The number of methoxy groups -OCH3 is 1. The zero-order valence-corrected chi connectivity index (χ0v) is 8.84. The summed E-state index contributed by atoms with van der Waals surface area (Å²) in [6.45, 7) is -0.0198. The number of benzene rings is 1. The molecule has 5 heteroatoms. The number of imide groups is 1. The van der Waals surface area contributed by atoms with E-state index in [1.165, 1.54) is 7.11 Å². The molecule has 1 aromatic rings. The summed E-state index contributed by atoms with van der Waals surface area (Å²) >= 11 is 0. The lowest BCUT2D eigenvalue weighted by molar-refractivity contribution is -0.130. The van der Waals surface area contributed by atoms with Gasteiger partial charge in [0, 0.05) is 7.11 Å². The molecule has 84 valence electrons. The number of urea groups is 1. The molecule has 1 aromatic carbocycles. The monoisotopic (exact) mass is 220 g/mol. The average Bonchev–Trinajstić information content (AvgIpc) is 2.59. The minimum Gasteiger partial charge on any atom is -0.364 e. The van der Waals surface area contributed by atoms with Crippen molar-refractivity contribution in [3.05, 3.63) is 35.9 Å². The number of amides is 3. The Labute approximate surface area is 93.0 Å². The van der Waals surface area contributed by atoms with Gasteiger partial charge in [-0.25, -0.2) is 9.69 Å². The van der Waals surface area contributed by atoms with Crippen LogP contribution in [0.1, 0.15) is 11.6 Å². The number of rotatable bonds is 3. The fourth-order valence-corrected chi connectivity index (χ4v) is 1.64. The summed E-state index contributed by atoms with van der Waals surface area (Å²) in [5.41, 5.74) is 0.777. The Morgan fingerprint density at radius 1 is 1.31 bits per heavy atom. The fourth-order valence-electron chi connectivity index (χ4n) is 1.64. The summed E-state index contributed by atoms with van der Waals surface area (Å²) in [5, 5.41) is 2.61. The summed E-state index contributed by atoms with van der Waals surface area (Å²) in [6.07, 6.45) is 0. The lowest BCUT2D eigenvalue weighted by atomic mass is 10.1. The predicted octanol–water partition coefficient (Wildman–Crippen LogP) is 0.883. The molecule has 1 unspecified atom stereocenters. The van der Waals surface area contributed by atoms with E-state index in [0.29, 0.717) is 0 Å². The van der Waals surface area contributed by atoms with Gasteiger partial charge >= 0.3 is 6.03 Å². The van der Waals surface area contributed by atoms with Crippen molar-refractivity contribution in [2.45, 2.75) is 6.04 Å². The molecule has 1 heterocycles. The first-order chi connectivity index (χ1) is 7.74. The molecule has 1 N–H and O–H groups in total. The molecule has 1 saturated heterocycles. The van der Waals surface area contributed by atoms with Crippen LogP contribution in [0.25, 0.3) is 0 Å². The van der Waals surface area contributed by atoms with E-state index in [9.17, 15) is 9.59 Å². The third-order valence-electron chi connectivity index (χ3n) is 2.42. The van der Waals surface area contributed by atoms with Crippen LogP contribution in [0.2, 0.25) is 0 Å². The van der Waals surface area contributed by atoms with E-state index in [1.807, 2.05) is 18.2 Å². The number of nitrogens with one attached hydrogen (secondary N) is 1. The van der Waals surface area contributed by atoms with Crippen LogP contribution in [0.5, 0.6) is 0 Å². The molecular weight excluding hydrogens is 208 g/mol. The van der Waals surface area contributed by atoms with Crippen molar-refractivity contribution in [1.29, 1.82) is 0 Å². The molecule has 16 heavy (non-hydrogen) atoms. The Balaban J connectivity index is 2.21. The topological polar surface area (TPSA) is 58.6 Å². The van der Waals surface area contributed by atoms with Crippen LogP contribution in [0.4, 0.5) is 4.79 Å². The Kier molecular flexibility index (Phi) is 2.87. The highest BCUT2D eigenvalue weighted by Gasteiger charge is 2.38. The molecule has 5 nitrogen and oxygen atoms in total. The van der Waals surface area contributed by atoms with Gasteiger partial charge in [0.25, 0.3) is 5.91 Å². The van der Waals surface area contributed by atoms with Gasteiger partial charge in [-0.05, 0) is 5.56 Å². The molecule has 0 aliphatic carbocycles. The molecule has 1 fully saturated rings. The van der Waals surface area contributed by atoms with Gasteiger partial charge in [-0.2, -0.15) is 0 Å². The van der Waals surface area contributed by atoms with Gasteiger partial charge in [-0.15, -0.1) is 0 Å². The van der Waals surface area contributed by atoms with Crippen LogP contribution >= 0.6 is 0 Å². The van der Waals surface area contributed by atoms with Crippen LogP contribution < -0.4 is 5.32 Å². The summed E-state index contributed by atoms with van der Waals surface area (Å²) in [4.78, 5) is 24.4. The predicted molar refractivity (Wildman–Crippen MR) is 56.4 cm³/mol. The molecule has 1 atom stereocenters. The van der Waals surface area contributed by atoms with Crippen molar-refractivity contribution in [3.63, 3.8) is 0 Å². The molecule has 0 spiro atoms. The molecule has 0 bridgehead atoms. The maximum Gasteiger partial charge on any atom is 0.327 e. The first-order valence-corrected chi connectivity index (χ1v) is 4.90. The molecule has 0 radical (unpaired) electrons. The first-order valence-electron chi connectivity index (χ1n) is 4.90. The Morgan fingerprint density at radius 2 is 2.00 bits per heavy atom. The zero-order chi connectivity index (χ0) is 11.5. The Hall–Kier alpha value is -1.88. The lowest BCUT2D eigenvalue weighted by Gasteiger charge is -2.11. The summed E-state index contributed by atoms with van der Waals surface area (Å²) in [7, 11) is 1.44. The Bertz CT molecular complexity index is 405. The van der Waals surface area contributed by atoms with Gasteiger partial charge < -0.3 is 10.1 Å². The van der Waals surface area contributed by atoms with Crippen molar-refractivity contribution in [2.75, 3.05) is 13.8 Å². The zero-order valence-electron chi connectivity index (χ0n) is 8.84. The van der Waals surface area contributed by atoms with Crippen LogP contribution in [0, 0.1) is 0 Å². The van der Waals surface area contributed by atoms with E-state index in [0.717, 1.165) is 10.5 Å². The number of carbonyl (C=O) groups excluding carboxylic acids is 2. The second-order valence-corrected chi connectivity index (χ2v) is 3.48. The average molecular weight is 220 g/mol. The molecule has 0 saturated carbocycles. The Morgan fingerprint density at radius 3 is 2.62 bits per heavy atom. The van der Waals surface area contributed by atoms with Gasteiger partial charge in [0.15, 0.2) is 0 Å². The lowest BCUT2D eigenvalue weighted by Crippen LogP contribution is -2.32. The molecular formula is C11H12N2O3. The summed E-state index contributed by atoms with van der Waals surface area (Å²) in [6, 6.07) is 8.11.